The number of phenolic OH excluding ortho intramolecular Hbond substituents is 1. The molecule has 0 spiro atoms. The quantitative estimate of drug-likeness (QED) is 0.195. The number of phenols is 1. The van der Waals surface area contributed by atoms with Crippen molar-refractivity contribution in [3.05, 3.63) is 115 Å². The van der Waals surface area contributed by atoms with Gasteiger partial charge in [0.1, 0.15) is 17.3 Å². The van der Waals surface area contributed by atoms with Gasteiger partial charge in [-0.3, -0.25) is 4.79 Å². The predicted octanol–water partition coefficient (Wildman–Crippen LogP) is 7.79. The molecule has 3 aromatic heterocycles. The van der Waals surface area contributed by atoms with Crippen LogP contribution in [0.3, 0.4) is 0 Å². The van der Waals surface area contributed by atoms with Crippen LogP contribution in [0.4, 0.5) is 17.2 Å². The van der Waals surface area contributed by atoms with E-state index in [1.807, 2.05) is 42.5 Å². The molecule has 0 aliphatic rings. The maximum absolute atomic E-state index is 13.7. The van der Waals surface area contributed by atoms with E-state index < -0.39 is 5.91 Å². The Morgan fingerprint density at radius 3 is 2.50 bits per heavy atom. The van der Waals surface area contributed by atoms with Gasteiger partial charge >= 0.3 is 0 Å². The molecule has 2 N–H and O–H groups in total. The van der Waals surface area contributed by atoms with Gasteiger partial charge in [0.25, 0.3) is 5.91 Å². The smallest absolute Gasteiger partial charge is 0.259 e. The number of anilines is 1. The number of benzene rings is 4. The number of rotatable bonds is 6. The summed E-state index contributed by atoms with van der Waals surface area (Å²) in [7, 11) is 0. The highest BCUT2D eigenvalue weighted by Crippen LogP contribution is 2.40. The number of para-hydroxylation sites is 1. The zero-order valence-electron chi connectivity index (χ0n) is 23.5. The number of nitriles is 1. The number of amides is 1. The first-order valence-corrected chi connectivity index (χ1v) is 14.0. The third kappa shape index (κ3) is 4.40. The molecule has 0 fully saturated rings. The van der Waals surface area contributed by atoms with Gasteiger partial charge in [-0.2, -0.15) is 15.0 Å². The van der Waals surface area contributed by atoms with Crippen molar-refractivity contribution in [2.75, 3.05) is 5.32 Å². The lowest BCUT2D eigenvalue weighted by Gasteiger charge is -2.12. The normalized spacial score (nSPS) is 11.5. The first-order valence-electron chi connectivity index (χ1n) is 14.0. The summed E-state index contributed by atoms with van der Waals surface area (Å²) in [6.45, 7) is 2.92. The van der Waals surface area contributed by atoms with Crippen molar-refractivity contribution in [3.8, 4) is 17.6 Å². The fourth-order valence-corrected chi connectivity index (χ4v) is 5.52. The number of nitrogens with zero attached hydrogens (tertiary/aromatic N) is 7. The number of carbonyl (C=O) groups excluding carboxylic acids is 1. The highest BCUT2D eigenvalue weighted by atomic mass is 16.3. The fourth-order valence-electron chi connectivity index (χ4n) is 5.52. The van der Waals surface area contributed by atoms with Crippen molar-refractivity contribution in [2.45, 2.75) is 13.5 Å². The number of carbonyl (C=O) groups is 1. The van der Waals surface area contributed by atoms with Crippen LogP contribution in [0, 0.1) is 11.3 Å². The van der Waals surface area contributed by atoms with E-state index in [0.29, 0.717) is 22.3 Å². The van der Waals surface area contributed by atoms with Crippen molar-refractivity contribution in [1.29, 1.82) is 5.26 Å². The molecule has 0 aliphatic heterocycles. The third-order valence-corrected chi connectivity index (χ3v) is 7.56. The number of aromatic nitrogens is 4. The second-order valence-electron chi connectivity index (χ2n) is 10.1. The number of azo groups is 1. The molecular weight excluding hydrogens is 552 g/mol. The maximum atomic E-state index is 13.7. The molecule has 0 bridgehead atoms. The van der Waals surface area contributed by atoms with E-state index in [4.69, 9.17) is 0 Å². The van der Waals surface area contributed by atoms with Crippen LogP contribution in [0.2, 0.25) is 0 Å². The number of aromatic hydroxyl groups is 1. The second-order valence-corrected chi connectivity index (χ2v) is 10.1. The summed E-state index contributed by atoms with van der Waals surface area (Å²) in [6, 6.07) is 30.2. The topological polar surface area (TPSA) is 133 Å². The Morgan fingerprint density at radius 1 is 0.932 bits per heavy atom. The van der Waals surface area contributed by atoms with Gasteiger partial charge in [-0.15, -0.1) is 10.2 Å². The van der Waals surface area contributed by atoms with Crippen molar-refractivity contribution < 1.29 is 9.90 Å². The van der Waals surface area contributed by atoms with E-state index in [2.05, 4.69) is 55.3 Å². The van der Waals surface area contributed by atoms with Crippen LogP contribution in [-0.4, -0.2) is 30.3 Å². The van der Waals surface area contributed by atoms with Crippen LogP contribution in [0.1, 0.15) is 22.8 Å². The van der Waals surface area contributed by atoms with Crippen molar-refractivity contribution in [2.24, 2.45) is 10.2 Å². The summed E-state index contributed by atoms with van der Waals surface area (Å²) in [5.74, 6) is -0.246. The van der Waals surface area contributed by atoms with Crippen LogP contribution < -0.4 is 5.32 Å². The Morgan fingerprint density at radius 2 is 1.70 bits per heavy atom. The van der Waals surface area contributed by atoms with Crippen LogP contribution in [0.25, 0.3) is 38.4 Å². The molecule has 10 heteroatoms. The van der Waals surface area contributed by atoms with E-state index in [1.165, 1.54) is 10.9 Å². The summed E-state index contributed by atoms with van der Waals surface area (Å²) in [5.41, 5.74) is 3.09. The lowest BCUT2D eigenvalue weighted by molar-refractivity contribution is 0.102. The zero-order chi connectivity index (χ0) is 30.2. The van der Waals surface area contributed by atoms with Gasteiger partial charge < -0.3 is 15.0 Å². The minimum Gasteiger partial charge on any atom is -0.505 e. The molecule has 0 saturated heterocycles. The number of nitrogens with one attached hydrogen (secondary N) is 1. The molecule has 0 unspecified atom stereocenters. The van der Waals surface area contributed by atoms with Gasteiger partial charge in [0.15, 0.2) is 17.4 Å². The Labute approximate surface area is 251 Å². The summed E-state index contributed by atoms with van der Waals surface area (Å²) in [6.07, 6.45) is 2.98. The highest BCUT2D eigenvalue weighted by molar-refractivity contribution is 6.14. The summed E-state index contributed by atoms with van der Waals surface area (Å²) in [5, 5.41) is 40.3. The average Bonchev–Trinajstić information content (AvgIpc) is 3.62. The molecule has 4 aromatic carbocycles. The van der Waals surface area contributed by atoms with E-state index in [-0.39, 0.29) is 28.4 Å². The van der Waals surface area contributed by atoms with E-state index >= 15 is 0 Å². The molecule has 7 aromatic rings. The van der Waals surface area contributed by atoms with Crippen molar-refractivity contribution in [3.63, 3.8) is 0 Å². The van der Waals surface area contributed by atoms with Crippen LogP contribution in [0.5, 0.6) is 5.75 Å². The van der Waals surface area contributed by atoms with E-state index in [1.54, 1.807) is 42.6 Å². The van der Waals surface area contributed by atoms with Gasteiger partial charge in [0, 0.05) is 45.6 Å². The molecule has 0 atom stereocenters. The van der Waals surface area contributed by atoms with Crippen LogP contribution in [0.15, 0.2) is 114 Å². The van der Waals surface area contributed by atoms with E-state index in [0.717, 1.165) is 28.4 Å². The molecule has 0 radical (unpaired) electrons. The zero-order valence-corrected chi connectivity index (χ0v) is 23.5. The molecule has 3 heterocycles. The van der Waals surface area contributed by atoms with Crippen LogP contribution >= 0.6 is 0 Å². The van der Waals surface area contributed by atoms with E-state index in [9.17, 15) is 15.2 Å². The van der Waals surface area contributed by atoms with Crippen molar-refractivity contribution >= 4 is 55.7 Å². The summed E-state index contributed by atoms with van der Waals surface area (Å²) in [4.78, 5) is 17.9. The Balaban J connectivity index is 1.29. The van der Waals surface area contributed by atoms with Gasteiger partial charge in [-0.1, -0.05) is 48.5 Å². The predicted molar refractivity (Wildman–Crippen MR) is 169 cm³/mol. The van der Waals surface area contributed by atoms with Crippen molar-refractivity contribution in [1.82, 2.24) is 19.3 Å². The molecule has 1 amide bonds. The largest absolute Gasteiger partial charge is 0.505 e. The lowest BCUT2D eigenvalue weighted by Crippen LogP contribution is -2.12. The monoisotopic (exact) mass is 576 g/mol. The standard InChI is InChI=1S/C34H24N8O2/c1-2-41-28-12-6-5-11-25(28)26-18-23(14-15-29(26)41)38-34(44)27-17-21-9-3-4-10-24(21)31(32(27)43)39-40-33-22(19-35)20-37-42(33)30-13-7-8-16-36-30/h3-18,20,43H,2H2,1H3,(H,38,44). The summed E-state index contributed by atoms with van der Waals surface area (Å²) < 4.78 is 3.63. The Hall–Kier alpha value is -6.34. The molecule has 212 valence electrons. The first kappa shape index (κ1) is 26.6. The van der Waals surface area contributed by atoms with Gasteiger partial charge in [-0.05, 0) is 54.8 Å². The number of fused-ring (bicyclic) bond motifs is 4. The number of hydrogen-bond donors (Lipinski definition) is 2. The number of hydrogen-bond acceptors (Lipinski definition) is 7. The number of aryl methyl sites for hydroxylation is 1. The SMILES string of the molecule is CCn1c2ccccc2c2cc(NC(=O)c3cc4ccccc4c(N=Nc4c(C#N)cnn4-c4ccccn4)c3O)ccc21. The minimum atomic E-state index is -0.500. The first-order chi connectivity index (χ1) is 21.6. The van der Waals surface area contributed by atoms with Gasteiger partial charge in [-0.25, -0.2) is 4.98 Å². The average molecular weight is 577 g/mol. The fraction of sp³-hybridized carbons (Fsp3) is 0.0588. The summed E-state index contributed by atoms with van der Waals surface area (Å²) >= 11 is 0. The second kappa shape index (κ2) is 10.8. The van der Waals surface area contributed by atoms with Gasteiger partial charge in [0.05, 0.1) is 11.8 Å². The highest BCUT2D eigenvalue weighted by Gasteiger charge is 2.20. The molecule has 0 aliphatic carbocycles. The molecular formula is C34H24N8O2. The molecule has 10 nitrogen and oxygen atoms in total. The van der Waals surface area contributed by atoms with Gasteiger partial charge in [0.2, 0.25) is 0 Å². The third-order valence-electron chi connectivity index (χ3n) is 7.56. The Bertz CT molecular complexity index is 2290. The molecule has 0 saturated carbocycles. The lowest BCUT2D eigenvalue weighted by atomic mass is 10.0. The molecule has 7 rings (SSSR count). The minimum absolute atomic E-state index is 0.0347. The Kier molecular flexibility index (Phi) is 6.53. The number of pyridine rings is 1. The van der Waals surface area contributed by atoms with Crippen LogP contribution in [-0.2, 0) is 6.54 Å². The maximum Gasteiger partial charge on any atom is 0.259 e. The molecule has 44 heavy (non-hydrogen) atoms.